The van der Waals surface area contributed by atoms with Crippen LogP contribution >= 0.6 is 0 Å². The number of benzene rings is 1. The van der Waals surface area contributed by atoms with E-state index >= 15 is 0 Å². The molecule has 2 atom stereocenters. The smallest absolute Gasteiger partial charge is 0.223 e. The number of fused-ring (bicyclic) bond motifs is 2. The number of hydrogen-bond donors (Lipinski definition) is 2. The zero-order valence-corrected chi connectivity index (χ0v) is 15.1. The number of amides is 1. The summed E-state index contributed by atoms with van der Waals surface area (Å²) in [4.78, 5) is 17.1. The predicted octanol–water partition coefficient (Wildman–Crippen LogP) is 3.52. The maximum Gasteiger partial charge on any atom is 0.223 e. The monoisotopic (exact) mass is 349 g/mol. The molecule has 4 nitrogen and oxygen atoms in total. The molecular formula is C22H27N3O. The Morgan fingerprint density at radius 1 is 1.12 bits per heavy atom. The largest absolute Gasteiger partial charge is 0.352 e. The number of hydrogen-bond acceptors (Lipinski definition) is 3. The molecule has 2 saturated carbocycles. The summed E-state index contributed by atoms with van der Waals surface area (Å²) in [7, 11) is 0. The van der Waals surface area contributed by atoms with Gasteiger partial charge in [-0.1, -0.05) is 30.7 Å². The van der Waals surface area contributed by atoms with Crippen molar-refractivity contribution in [3.63, 3.8) is 0 Å². The fourth-order valence-corrected chi connectivity index (χ4v) is 4.71. The fourth-order valence-electron chi connectivity index (χ4n) is 4.71. The van der Waals surface area contributed by atoms with E-state index in [0.29, 0.717) is 24.4 Å². The fraction of sp³-hybridized carbons (Fsp3) is 0.455. The van der Waals surface area contributed by atoms with Crippen LogP contribution in [0.1, 0.15) is 37.7 Å². The van der Waals surface area contributed by atoms with Gasteiger partial charge in [-0.25, -0.2) is 0 Å². The molecule has 3 N–H and O–H groups in total. The van der Waals surface area contributed by atoms with Crippen LogP contribution in [0.5, 0.6) is 0 Å². The molecule has 1 aromatic heterocycles. The normalized spacial score (nSPS) is 27.7. The molecule has 2 fully saturated rings. The van der Waals surface area contributed by atoms with Gasteiger partial charge in [0.2, 0.25) is 5.91 Å². The number of carbonyl (C=O) groups is 1. The van der Waals surface area contributed by atoms with Gasteiger partial charge in [-0.05, 0) is 61.3 Å². The number of nitrogens with two attached hydrogens (primary N) is 1. The van der Waals surface area contributed by atoms with Gasteiger partial charge in [-0.15, -0.1) is 0 Å². The quantitative estimate of drug-likeness (QED) is 0.887. The van der Waals surface area contributed by atoms with Crippen LogP contribution in [0.4, 0.5) is 0 Å². The van der Waals surface area contributed by atoms with Gasteiger partial charge >= 0.3 is 0 Å². The van der Waals surface area contributed by atoms with Crippen molar-refractivity contribution < 1.29 is 4.79 Å². The van der Waals surface area contributed by atoms with E-state index in [1.165, 1.54) is 19.3 Å². The Morgan fingerprint density at radius 2 is 1.92 bits per heavy atom. The van der Waals surface area contributed by atoms with Crippen LogP contribution in [0, 0.1) is 17.8 Å². The van der Waals surface area contributed by atoms with Crippen LogP contribution in [0.2, 0.25) is 0 Å². The highest BCUT2D eigenvalue weighted by molar-refractivity contribution is 5.78. The van der Waals surface area contributed by atoms with Crippen LogP contribution in [0.3, 0.4) is 0 Å². The van der Waals surface area contributed by atoms with Gasteiger partial charge in [0.1, 0.15) is 0 Å². The Hall–Kier alpha value is -2.20. The number of aromatic nitrogens is 1. The third kappa shape index (κ3) is 3.65. The molecule has 1 aromatic carbocycles. The Morgan fingerprint density at radius 3 is 2.65 bits per heavy atom. The standard InChI is InChI=1S/C22H27N3O/c23-21-17-7-4-8-18(21)13-19(12-17)22(26)25-14-15-5-3-6-16(11-15)20-9-1-2-10-24-20/h1-3,5-6,9-11,17-19,21H,4,7-8,12-14,23H2,(H,25,26). The lowest BCUT2D eigenvalue weighted by Crippen LogP contribution is -2.49. The zero-order valence-electron chi connectivity index (χ0n) is 15.1. The number of carbonyl (C=O) groups excluding carboxylic acids is 1. The number of rotatable bonds is 4. The van der Waals surface area contributed by atoms with E-state index < -0.39 is 0 Å². The average Bonchev–Trinajstić information content (AvgIpc) is 2.67. The van der Waals surface area contributed by atoms with Crippen molar-refractivity contribution in [1.82, 2.24) is 10.3 Å². The number of pyridine rings is 1. The van der Waals surface area contributed by atoms with Crippen LogP contribution < -0.4 is 11.1 Å². The summed E-state index contributed by atoms with van der Waals surface area (Å²) >= 11 is 0. The second-order valence-electron chi connectivity index (χ2n) is 7.83. The zero-order chi connectivity index (χ0) is 17.9. The first-order chi connectivity index (χ1) is 12.7. The SMILES string of the molecule is NC1C2CCCC1CC(C(=O)NCc1cccc(-c3ccccn3)c1)C2. The summed E-state index contributed by atoms with van der Waals surface area (Å²) in [6.07, 6.45) is 7.36. The van der Waals surface area contributed by atoms with Crippen LogP contribution in [0.25, 0.3) is 11.3 Å². The maximum atomic E-state index is 12.7. The van der Waals surface area contributed by atoms with Gasteiger partial charge in [0.15, 0.2) is 0 Å². The Bertz CT molecular complexity index is 747. The molecule has 0 saturated heterocycles. The van der Waals surface area contributed by atoms with Crippen molar-refractivity contribution >= 4 is 5.91 Å². The first-order valence-corrected chi connectivity index (χ1v) is 9.74. The van der Waals surface area contributed by atoms with Gasteiger partial charge in [-0.2, -0.15) is 0 Å². The molecule has 2 aromatic rings. The van der Waals surface area contributed by atoms with Gasteiger partial charge < -0.3 is 11.1 Å². The summed E-state index contributed by atoms with van der Waals surface area (Å²) in [6, 6.07) is 14.4. The first kappa shape index (κ1) is 17.2. The van der Waals surface area contributed by atoms with Crippen molar-refractivity contribution in [3.8, 4) is 11.3 Å². The highest BCUT2D eigenvalue weighted by Crippen LogP contribution is 2.41. The molecule has 1 amide bonds. The molecule has 0 spiro atoms. The summed E-state index contributed by atoms with van der Waals surface area (Å²) in [6.45, 7) is 0.567. The average molecular weight is 349 g/mol. The van der Waals surface area contributed by atoms with Gasteiger partial charge in [-0.3, -0.25) is 9.78 Å². The van der Waals surface area contributed by atoms with Crippen LogP contribution in [-0.2, 0) is 11.3 Å². The second kappa shape index (κ2) is 7.58. The van der Waals surface area contributed by atoms with E-state index in [-0.39, 0.29) is 11.8 Å². The van der Waals surface area contributed by atoms with Crippen molar-refractivity contribution in [3.05, 3.63) is 54.2 Å². The van der Waals surface area contributed by atoms with E-state index in [0.717, 1.165) is 29.7 Å². The predicted molar refractivity (Wildman–Crippen MR) is 103 cm³/mol. The summed E-state index contributed by atoms with van der Waals surface area (Å²) in [5.41, 5.74) is 9.48. The molecule has 4 heteroatoms. The lowest BCUT2D eigenvalue weighted by Gasteiger charge is -2.43. The minimum absolute atomic E-state index is 0.129. The molecule has 2 aliphatic carbocycles. The molecule has 2 unspecified atom stereocenters. The van der Waals surface area contributed by atoms with E-state index in [4.69, 9.17) is 5.73 Å². The molecule has 4 rings (SSSR count). The molecule has 2 bridgehead atoms. The minimum atomic E-state index is 0.129. The van der Waals surface area contributed by atoms with E-state index in [1.54, 1.807) is 6.20 Å². The van der Waals surface area contributed by atoms with Crippen molar-refractivity contribution in [1.29, 1.82) is 0 Å². The Labute approximate surface area is 155 Å². The molecule has 0 radical (unpaired) electrons. The lowest BCUT2D eigenvalue weighted by atomic mass is 9.65. The summed E-state index contributed by atoms with van der Waals surface area (Å²) < 4.78 is 0. The molecule has 1 heterocycles. The highest BCUT2D eigenvalue weighted by Gasteiger charge is 2.40. The molecule has 0 aliphatic heterocycles. The van der Waals surface area contributed by atoms with Crippen molar-refractivity contribution in [2.75, 3.05) is 0 Å². The highest BCUT2D eigenvalue weighted by atomic mass is 16.1. The minimum Gasteiger partial charge on any atom is -0.352 e. The number of nitrogens with zero attached hydrogens (tertiary/aromatic N) is 1. The second-order valence-corrected chi connectivity index (χ2v) is 7.83. The van der Waals surface area contributed by atoms with E-state index in [1.807, 2.05) is 24.3 Å². The number of nitrogens with one attached hydrogen (secondary N) is 1. The third-order valence-corrected chi connectivity index (χ3v) is 6.14. The van der Waals surface area contributed by atoms with Crippen molar-refractivity contribution in [2.45, 2.75) is 44.7 Å². The molecule has 136 valence electrons. The van der Waals surface area contributed by atoms with Gasteiger partial charge in [0.25, 0.3) is 0 Å². The topological polar surface area (TPSA) is 68.0 Å². The summed E-state index contributed by atoms with van der Waals surface area (Å²) in [5, 5.41) is 3.15. The first-order valence-electron chi connectivity index (χ1n) is 9.74. The third-order valence-electron chi connectivity index (χ3n) is 6.14. The molecule has 2 aliphatic rings. The molecule has 26 heavy (non-hydrogen) atoms. The van der Waals surface area contributed by atoms with Crippen LogP contribution in [0.15, 0.2) is 48.7 Å². The van der Waals surface area contributed by atoms with E-state index in [2.05, 4.69) is 28.5 Å². The Balaban J connectivity index is 1.38. The lowest BCUT2D eigenvalue weighted by molar-refractivity contribution is -0.128. The van der Waals surface area contributed by atoms with Gasteiger partial charge in [0, 0.05) is 30.3 Å². The van der Waals surface area contributed by atoms with Gasteiger partial charge in [0.05, 0.1) is 5.69 Å². The Kier molecular flexibility index (Phi) is 5.02. The van der Waals surface area contributed by atoms with Crippen molar-refractivity contribution in [2.24, 2.45) is 23.5 Å². The molecular weight excluding hydrogens is 322 g/mol. The maximum absolute atomic E-state index is 12.7. The van der Waals surface area contributed by atoms with E-state index in [9.17, 15) is 4.79 Å². The van der Waals surface area contributed by atoms with Crippen LogP contribution in [-0.4, -0.2) is 16.9 Å². The summed E-state index contributed by atoms with van der Waals surface area (Å²) in [5.74, 6) is 1.39.